The van der Waals surface area contributed by atoms with Crippen LogP contribution in [0.25, 0.3) is 0 Å². The van der Waals surface area contributed by atoms with Crippen molar-refractivity contribution in [1.82, 2.24) is 14.9 Å². The molecule has 0 N–H and O–H groups in total. The third-order valence-electron chi connectivity index (χ3n) is 5.20. The zero-order chi connectivity index (χ0) is 19.3. The smallest absolute Gasteiger partial charge is 0.274 e. The summed E-state index contributed by atoms with van der Waals surface area (Å²) in [5.41, 5.74) is 1.54. The average Bonchev–Trinajstić information content (AvgIpc) is 2.79. The topological polar surface area (TPSA) is 71.0 Å². The lowest BCUT2D eigenvalue weighted by atomic mass is 10.2. The summed E-state index contributed by atoms with van der Waals surface area (Å²) in [6.45, 7) is 5.90. The van der Waals surface area contributed by atoms with E-state index in [0.717, 1.165) is 43.4 Å². The van der Waals surface area contributed by atoms with Crippen LogP contribution in [0.1, 0.15) is 10.5 Å². The minimum Gasteiger partial charge on any atom is -0.497 e. The first-order chi connectivity index (χ1) is 13.7. The van der Waals surface area contributed by atoms with Gasteiger partial charge in [-0.15, -0.1) is 0 Å². The van der Waals surface area contributed by atoms with E-state index in [9.17, 15) is 4.79 Å². The van der Waals surface area contributed by atoms with Crippen LogP contribution in [-0.4, -0.2) is 80.4 Å². The Morgan fingerprint density at radius 1 is 0.929 bits per heavy atom. The number of ether oxygens (including phenoxy) is 2. The molecular weight excluding hydrogens is 358 g/mol. The van der Waals surface area contributed by atoms with Gasteiger partial charge >= 0.3 is 0 Å². The number of nitrogens with zero attached hydrogens (tertiary/aromatic N) is 5. The molecule has 2 aliphatic heterocycles. The molecule has 148 valence electrons. The van der Waals surface area contributed by atoms with Crippen LogP contribution in [-0.2, 0) is 4.74 Å². The van der Waals surface area contributed by atoms with Gasteiger partial charge in [0, 0.05) is 45.0 Å². The molecule has 3 heterocycles. The van der Waals surface area contributed by atoms with E-state index in [1.54, 1.807) is 19.5 Å². The molecule has 2 aliphatic rings. The van der Waals surface area contributed by atoms with Gasteiger partial charge in [-0.05, 0) is 24.3 Å². The van der Waals surface area contributed by atoms with E-state index >= 15 is 0 Å². The fourth-order valence-electron chi connectivity index (χ4n) is 3.51. The molecule has 28 heavy (non-hydrogen) atoms. The molecule has 1 amide bonds. The predicted molar refractivity (Wildman–Crippen MR) is 106 cm³/mol. The maximum Gasteiger partial charge on any atom is 0.274 e. The van der Waals surface area contributed by atoms with Crippen molar-refractivity contribution in [1.29, 1.82) is 0 Å². The predicted octanol–water partition coefficient (Wildman–Crippen LogP) is 1.28. The van der Waals surface area contributed by atoms with Gasteiger partial charge in [-0.3, -0.25) is 4.79 Å². The monoisotopic (exact) mass is 383 g/mol. The third kappa shape index (κ3) is 4.01. The molecule has 0 unspecified atom stereocenters. The lowest BCUT2D eigenvalue weighted by Gasteiger charge is -2.36. The minimum atomic E-state index is -0.0598. The summed E-state index contributed by atoms with van der Waals surface area (Å²) in [7, 11) is 1.66. The molecule has 0 aliphatic carbocycles. The minimum absolute atomic E-state index is 0.0598. The quantitative estimate of drug-likeness (QED) is 0.788. The normalized spacial score (nSPS) is 17.5. The number of piperazine rings is 1. The van der Waals surface area contributed by atoms with Crippen molar-refractivity contribution in [3.63, 3.8) is 0 Å². The number of carbonyl (C=O) groups is 1. The van der Waals surface area contributed by atoms with Crippen LogP contribution in [0.15, 0.2) is 36.7 Å². The second-order valence-corrected chi connectivity index (χ2v) is 6.84. The Labute approximate surface area is 164 Å². The Kier molecular flexibility index (Phi) is 5.57. The lowest BCUT2D eigenvalue weighted by molar-refractivity contribution is 0.0740. The van der Waals surface area contributed by atoms with Crippen LogP contribution in [0.5, 0.6) is 5.75 Å². The van der Waals surface area contributed by atoms with Gasteiger partial charge in [-0.1, -0.05) is 0 Å². The molecule has 2 aromatic rings. The Hall–Kier alpha value is -2.87. The maximum atomic E-state index is 12.8. The molecule has 1 aromatic heterocycles. The van der Waals surface area contributed by atoms with E-state index in [-0.39, 0.29) is 5.91 Å². The summed E-state index contributed by atoms with van der Waals surface area (Å²) < 4.78 is 10.6. The van der Waals surface area contributed by atoms with Crippen LogP contribution < -0.4 is 14.5 Å². The maximum absolute atomic E-state index is 12.8. The molecule has 0 spiro atoms. The van der Waals surface area contributed by atoms with E-state index in [4.69, 9.17) is 9.47 Å². The Bertz CT molecular complexity index is 782. The van der Waals surface area contributed by atoms with Crippen LogP contribution in [0, 0.1) is 0 Å². The summed E-state index contributed by atoms with van der Waals surface area (Å²) in [4.78, 5) is 27.8. The molecule has 8 nitrogen and oxygen atoms in total. The van der Waals surface area contributed by atoms with Crippen molar-refractivity contribution in [3.8, 4) is 5.75 Å². The zero-order valence-electron chi connectivity index (χ0n) is 16.1. The van der Waals surface area contributed by atoms with E-state index in [1.807, 2.05) is 29.2 Å². The van der Waals surface area contributed by atoms with Crippen molar-refractivity contribution in [3.05, 3.63) is 42.4 Å². The van der Waals surface area contributed by atoms with Gasteiger partial charge in [0.05, 0.1) is 32.7 Å². The van der Waals surface area contributed by atoms with Gasteiger partial charge in [0.15, 0.2) is 0 Å². The molecule has 0 atom stereocenters. The molecule has 8 heteroatoms. The Morgan fingerprint density at radius 3 is 2.25 bits per heavy atom. The van der Waals surface area contributed by atoms with Crippen LogP contribution in [0.3, 0.4) is 0 Å². The van der Waals surface area contributed by atoms with Crippen molar-refractivity contribution < 1.29 is 14.3 Å². The van der Waals surface area contributed by atoms with Gasteiger partial charge in [-0.25, -0.2) is 9.97 Å². The highest BCUT2D eigenvalue weighted by Gasteiger charge is 2.24. The highest BCUT2D eigenvalue weighted by molar-refractivity contribution is 5.92. The van der Waals surface area contributed by atoms with Gasteiger partial charge in [0.2, 0.25) is 0 Å². The molecule has 4 rings (SSSR count). The van der Waals surface area contributed by atoms with Gasteiger partial charge in [0.25, 0.3) is 5.91 Å². The Morgan fingerprint density at radius 2 is 1.64 bits per heavy atom. The summed E-state index contributed by atoms with van der Waals surface area (Å²) in [6.07, 6.45) is 3.27. The number of carbonyl (C=O) groups excluding carboxylic acids is 1. The zero-order valence-corrected chi connectivity index (χ0v) is 16.1. The number of benzene rings is 1. The second-order valence-electron chi connectivity index (χ2n) is 6.84. The lowest BCUT2D eigenvalue weighted by Crippen LogP contribution is -2.49. The first-order valence-electron chi connectivity index (χ1n) is 9.57. The average molecular weight is 383 g/mol. The first-order valence-corrected chi connectivity index (χ1v) is 9.57. The third-order valence-corrected chi connectivity index (χ3v) is 5.20. The number of amides is 1. The molecule has 0 bridgehead atoms. The fraction of sp³-hybridized carbons (Fsp3) is 0.450. The summed E-state index contributed by atoms with van der Waals surface area (Å²) >= 11 is 0. The number of anilines is 2. The second kappa shape index (κ2) is 8.43. The highest BCUT2D eigenvalue weighted by atomic mass is 16.5. The van der Waals surface area contributed by atoms with Crippen LogP contribution >= 0.6 is 0 Å². The molecular formula is C20H25N5O3. The molecule has 2 fully saturated rings. The summed E-state index contributed by atoms with van der Waals surface area (Å²) in [6, 6.07) is 8.01. The number of morpholine rings is 1. The molecule has 0 saturated carbocycles. The van der Waals surface area contributed by atoms with Crippen molar-refractivity contribution in [2.75, 3.05) is 69.4 Å². The largest absolute Gasteiger partial charge is 0.497 e. The standard InChI is InChI=1S/C20H25N5O3/c1-27-17-4-2-16(3-5-17)23-6-8-25(9-7-23)20(26)18-14-22-19(15-21-18)24-10-12-28-13-11-24/h2-5,14-15H,6-13H2,1H3. The number of aromatic nitrogens is 2. The van der Waals surface area contributed by atoms with E-state index < -0.39 is 0 Å². The number of hydrogen-bond acceptors (Lipinski definition) is 7. The number of rotatable bonds is 4. The Balaban J connectivity index is 1.34. The van der Waals surface area contributed by atoms with E-state index in [0.29, 0.717) is 32.0 Å². The summed E-state index contributed by atoms with van der Waals surface area (Å²) in [5.74, 6) is 1.58. The van der Waals surface area contributed by atoms with Crippen molar-refractivity contribution >= 4 is 17.4 Å². The van der Waals surface area contributed by atoms with Crippen molar-refractivity contribution in [2.45, 2.75) is 0 Å². The van der Waals surface area contributed by atoms with Gasteiger partial charge in [0.1, 0.15) is 17.3 Å². The molecule has 0 radical (unpaired) electrons. The van der Waals surface area contributed by atoms with Crippen LogP contribution in [0.4, 0.5) is 11.5 Å². The first kappa shape index (κ1) is 18.5. The van der Waals surface area contributed by atoms with Gasteiger partial charge < -0.3 is 24.2 Å². The van der Waals surface area contributed by atoms with Gasteiger partial charge in [-0.2, -0.15) is 0 Å². The highest BCUT2D eigenvalue weighted by Crippen LogP contribution is 2.21. The summed E-state index contributed by atoms with van der Waals surface area (Å²) in [5, 5.41) is 0. The number of methoxy groups -OCH3 is 1. The number of hydrogen-bond donors (Lipinski definition) is 0. The SMILES string of the molecule is COc1ccc(N2CCN(C(=O)c3cnc(N4CCOCC4)cn3)CC2)cc1. The molecule has 1 aromatic carbocycles. The van der Waals surface area contributed by atoms with E-state index in [2.05, 4.69) is 19.8 Å². The fourth-order valence-corrected chi connectivity index (χ4v) is 3.51. The molecule has 2 saturated heterocycles. The van der Waals surface area contributed by atoms with Crippen LogP contribution in [0.2, 0.25) is 0 Å². The van der Waals surface area contributed by atoms with Crippen molar-refractivity contribution in [2.24, 2.45) is 0 Å². The van der Waals surface area contributed by atoms with E-state index in [1.165, 1.54) is 0 Å².